The predicted molar refractivity (Wildman–Crippen MR) is 131 cm³/mol. The van der Waals surface area contributed by atoms with Gasteiger partial charge in [-0.15, -0.1) is 0 Å². The summed E-state index contributed by atoms with van der Waals surface area (Å²) in [5, 5.41) is 10.9. The van der Waals surface area contributed by atoms with Crippen LogP contribution in [0.2, 0.25) is 0 Å². The second-order valence-corrected chi connectivity index (χ2v) is 10.1. The minimum atomic E-state index is -4.13. The normalized spacial score (nSPS) is 21.4. The first-order chi connectivity index (χ1) is 17.7. The molecule has 0 saturated carbocycles. The van der Waals surface area contributed by atoms with Gasteiger partial charge in [-0.3, -0.25) is 4.18 Å². The Morgan fingerprint density at radius 1 is 0.811 bits per heavy atom. The molecule has 1 N–H and O–H groups in total. The summed E-state index contributed by atoms with van der Waals surface area (Å²) in [5.41, 5.74) is 1.43. The number of carbonyl (C=O) groups is 2. The highest BCUT2D eigenvalue weighted by Gasteiger charge is 2.47. The van der Waals surface area contributed by atoms with E-state index >= 15 is 0 Å². The molecule has 4 atom stereocenters. The van der Waals surface area contributed by atoms with Crippen molar-refractivity contribution >= 4 is 22.1 Å². The van der Waals surface area contributed by atoms with Crippen LogP contribution in [0.1, 0.15) is 26.3 Å². The molecule has 0 amide bonds. The average Bonchev–Trinajstić information content (AvgIpc) is 3.21. The second-order valence-electron chi connectivity index (χ2n) is 8.46. The minimum absolute atomic E-state index is 0.0500. The number of ether oxygens (including phenoxy) is 3. The van der Waals surface area contributed by atoms with Gasteiger partial charge < -0.3 is 19.3 Å². The van der Waals surface area contributed by atoms with Crippen LogP contribution in [0.25, 0.3) is 0 Å². The maximum absolute atomic E-state index is 12.7. The zero-order valence-corrected chi connectivity index (χ0v) is 20.7. The van der Waals surface area contributed by atoms with Crippen molar-refractivity contribution in [3.63, 3.8) is 0 Å². The fraction of sp³-hybridized carbons (Fsp3) is 0.259. The number of benzene rings is 3. The Labute approximate surface area is 214 Å². The summed E-state index contributed by atoms with van der Waals surface area (Å²) >= 11 is 0. The van der Waals surface area contributed by atoms with Gasteiger partial charge in [0, 0.05) is 0 Å². The Bertz CT molecular complexity index is 1310. The van der Waals surface area contributed by atoms with Crippen molar-refractivity contribution in [2.45, 2.75) is 36.2 Å². The summed E-state index contributed by atoms with van der Waals surface area (Å²) in [5.74, 6) is -1.35. The topological polar surface area (TPSA) is 125 Å². The molecule has 0 aromatic heterocycles. The Balaban J connectivity index is 1.46. The molecule has 1 saturated heterocycles. The molecule has 3 aromatic rings. The Kier molecular flexibility index (Phi) is 8.34. The minimum Gasteiger partial charge on any atom is -0.459 e. The van der Waals surface area contributed by atoms with Gasteiger partial charge in [0.05, 0.1) is 22.6 Å². The van der Waals surface area contributed by atoms with Crippen LogP contribution < -0.4 is 0 Å². The number of hydrogen-bond acceptors (Lipinski definition) is 9. The van der Waals surface area contributed by atoms with Gasteiger partial charge in [0.2, 0.25) is 0 Å². The molecule has 0 bridgehead atoms. The summed E-state index contributed by atoms with van der Waals surface area (Å²) in [6, 6.07) is 22.5. The van der Waals surface area contributed by atoms with Crippen molar-refractivity contribution in [3.8, 4) is 0 Å². The lowest BCUT2D eigenvalue weighted by Gasteiger charge is -2.21. The summed E-state index contributed by atoms with van der Waals surface area (Å²) in [6.45, 7) is 0.931. The molecular formula is C27H26O9S. The van der Waals surface area contributed by atoms with E-state index in [0.29, 0.717) is 5.56 Å². The van der Waals surface area contributed by atoms with Crippen LogP contribution in [0.4, 0.5) is 0 Å². The molecule has 0 radical (unpaired) electrons. The highest BCUT2D eigenvalue weighted by atomic mass is 32.2. The van der Waals surface area contributed by atoms with Gasteiger partial charge >= 0.3 is 11.9 Å². The molecule has 37 heavy (non-hydrogen) atoms. The fourth-order valence-electron chi connectivity index (χ4n) is 3.74. The van der Waals surface area contributed by atoms with Crippen molar-refractivity contribution in [2.75, 3.05) is 13.2 Å². The SMILES string of the molecule is Cc1ccc(S(=O)(=O)OC[C@H]2O[C@@H](COC(=O)c3ccccc3)[C@@H](OC(=O)c3ccccc3)[C@@H]2O)cc1. The van der Waals surface area contributed by atoms with Gasteiger partial charge in [0.1, 0.15) is 24.9 Å². The molecule has 1 heterocycles. The molecule has 9 nitrogen and oxygen atoms in total. The zero-order chi connectivity index (χ0) is 26.4. The first-order valence-electron chi connectivity index (χ1n) is 11.5. The van der Waals surface area contributed by atoms with Crippen LogP contribution in [0.5, 0.6) is 0 Å². The predicted octanol–water partition coefficient (Wildman–Crippen LogP) is 2.91. The summed E-state index contributed by atoms with van der Waals surface area (Å²) in [6.07, 6.45) is -4.92. The highest BCUT2D eigenvalue weighted by molar-refractivity contribution is 7.86. The molecular weight excluding hydrogens is 500 g/mol. The molecule has 194 valence electrons. The number of aryl methyl sites for hydroxylation is 1. The van der Waals surface area contributed by atoms with E-state index in [1.54, 1.807) is 72.8 Å². The first-order valence-corrected chi connectivity index (χ1v) is 12.9. The number of aliphatic hydroxyl groups is 1. The lowest BCUT2D eigenvalue weighted by atomic mass is 10.1. The van der Waals surface area contributed by atoms with Crippen LogP contribution in [-0.4, -0.2) is 63.1 Å². The van der Waals surface area contributed by atoms with Crippen molar-refractivity contribution in [2.24, 2.45) is 0 Å². The van der Waals surface area contributed by atoms with Gasteiger partial charge in [-0.25, -0.2) is 9.59 Å². The average molecular weight is 527 g/mol. The number of esters is 2. The van der Waals surface area contributed by atoms with Gasteiger partial charge in [0.15, 0.2) is 6.10 Å². The number of carbonyl (C=O) groups excluding carboxylic acids is 2. The molecule has 0 spiro atoms. The lowest BCUT2D eigenvalue weighted by molar-refractivity contribution is -0.0481. The van der Waals surface area contributed by atoms with Crippen LogP contribution in [0, 0.1) is 6.92 Å². The van der Waals surface area contributed by atoms with E-state index in [9.17, 15) is 23.1 Å². The van der Waals surface area contributed by atoms with Crippen molar-refractivity contribution in [1.82, 2.24) is 0 Å². The fourth-order valence-corrected chi connectivity index (χ4v) is 4.66. The maximum atomic E-state index is 12.7. The number of aliphatic hydroxyl groups excluding tert-OH is 1. The Morgan fingerprint density at radius 3 is 1.97 bits per heavy atom. The largest absolute Gasteiger partial charge is 0.459 e. The van der Waals surface area contributed by atoms with E-state index in [4.69, 9.17) is 18.4 Å². The standard InChI is InChI=1S/C27H26O9S/c1-18-12-14-21(15-13-18)37(31,32)34-17-22-24(28)25(36-27(30)20-10-6-3-7-11-20)23(35-22)16-33-26(29)19-8-4-2-5-9-19/h2-15,22-25,28H,16-17H2,1H3/t22-,23+,24-,25-/m1/s1. The molecule has 1 aliphatic heterocycles. The third-order valence-electron chi connectivity index (χ3n) is 5.77. The van der Waals surface area contributed by atoms with Crippen LogP contribution >= 0.6 is 0 Å². The number of hydrogen-bond donors (Lipinski definition) is 1. The van der Waals surface area contributed by atoms with Gasteiger partial charge in [0.25, 0.3) is 10.1 Å². The van der Waals surface area contributed by atoms with E-state index in [0.717, 1.165) is 5.56 Å². The van der Waals surface area contributed by atoms with Crippen LogP contribution in [0.15, 0.2) is 89.8 Å². The highest BCUT2D eigenvalue weighted by Crippen LogP contribution is 2.27. The monoisotopic (exact) mass is 526 g/mol. The summed E-state index contributed by atoms with van der Waals surface area (Å²) in [7, 11) is -4.13. The smallest absolute Gasteiger partial charge is 0.338 e. The Hall–Kier alpha value is -3.57. The Morgan fingerprint density at radius 2 is 1.38 bits per heavy atom. The summed E-state index contributed by atoms with van der Waals surface area (Å²) < 4.78 is 46.9. The third kappa shape index (κ3) is 6.60. The quantitative estimate of drug-likeness (QED) is 0.331. The molecule has 0 aliphatic carbocycles. The summed E-state index contributed by atoms with van der Waals surface area (Å²) in [4.78, 5) is 25.0. The van der Waals surface area contributed by atoms with E-state index < -0.39 is 53.1 Å². The van der Waals surface area contributed by atoms with Gasteiger partial charge in [-0.2, -0.15) is 8.42 Å². The van der Waals surface area contributed by atoms with Crippen LogP contribution in [-0.2, 0) is 28.5 Å². The van der Waals surface area contributed by atoms with E-state index in [1.807, 2.05) is 6.92 Å². The van der Waals surface area contributed by atoms with Crippen LogP contribution in [0.3, 0.4) is 0 Å². The zero-order valence-electron chi connectivity index (χ0n) is 19.9. The molecule has 4 rings (SSSR count). The van der Waals surface area contributed by atoms with Crippen molar-refractivity contribution in [3.05, 3.63) is 102 Å². The van der Waals surface area contributed by atoms with Crippen molar-refractivity contribution in [1.29, 1.82) is 0 Å². The molecule has 10 heteroatoms. The van der Waals surface area contributed by atoms with Gasteiger partial charge in [-0.05, 0) is 43.3 Å². The van der Waals surface area contributed by atoms with Crippen molar-refractivity contribution < 1.29 is 41.5 Å². The van der Waals surface area contributed by atoms with E-state index in [-0.39, 0.29) is 17.1 Å². The van der Waals surface area contributed by atoms with E-state index in [1.165, 1.54) is 12.1 Å². The van der Waals surface area contributed by atoms with E-state index in [2.05, 4.69) is 0 Å². The molecule has 1 fully saturated rings. The lowest BCUT2D eigenvalue weighted by Crippen LogP contribution is -2.40. The number of rotatable bonds is 9. The molecule has 3 aromatic carbocycles. The molecule has 0 unspecified atom stereocenters. The maximum Gasteiger partial charge on any atom is 0.338 e. The third-order valence-corrected chi connectivity index (χ3v) is 7.07. The van der Waals surface area contributed by atoms with Gasteiger partial charge in [-0.1, -0.05) is 54.1 Å². The first kappa shape index (κ1) is 26.5. The molecule has 1 aliphatic rings. The second kappa shape index (κ2) is 11.7.